The predicted molar refractivity (Wildman–Crippen MR) is 122 cm³/mol. The lowest BCUT2D eigenvalue weighted by Crippen LogP contribution is -2.41. The van der Waals surface area contributed by atoms with Crippen LogP contribution in [0.5, 0.6) is 11.5 Å². The third-order valence-corrected chi connectivity index (χ3v) is 6.70. The standard InChI is InChI=1S/C26H27N3O4/c1-31-23-9-7-17(12-24(23)32-20-4-2-3-5-20)19-11-18(26(30)28-15-19)13-25-29-21-10-16(14-27)6-8-22(21)33-25/h6-10,12,18-20H,2-5,11,13,15H2,1H3,(H,28,30)/t18-,19-/m1/s1. The highest BCUT2D eigenvalue weighted by Crippen LogP contribution is 2.37. The maximum atomic E-state index is 12.6. The molecule has 5 rings (SSSR count). The van der Waals surface area contributed by atoms with Gasteiger partial charge in [0.25, 0.3) is 0 Å². The third kappa shape index (κ3) is 4.51. The van der Waals surface area contributed by atoms with Crippen molar-refractivity contribution in [3.05, 3.63) is 53.4 Å². The zero-order valence-corrected chi connectivity index (χ0v) is 18.7. The molecule has 2 aliphatic rings. The van der Waals surface area contributed by atoms with Gasteiger partial charge in [-0.3, -0.25) is 4.79 Å². The summed E-state index contributed by atoms with van der Waals surface area (Å²) in [6, 6.07) is 13.3. The smallest absolute Gasteiger partial charge is 0.223 e. The first-order valence-corrected chi connectivity index (χ1v) is 11.5. The van der Waals surface area contributed by atoms with E-state index in [1.165, 1.54) is 12.8 Å². The largest absolute Gasteiger partial charge is 0.493 e. The van der Waals surface area contributed by atoms with Crippen molar-refractivity contribution in [2.24, 2.45) is 5.92 Å². The number of benzene rings is 2. The molecule has 2 aromatic carbocycles. The van der Waals surface area contributed by atoms with Crippen LogP contribution in [0.2, 0.25) is 0 Å². The first kappa shape index (κ1) is 21.3. The second kappa shape index (κ2) is 9.14. The van der Waals surface area contributed by atoms with E-state index in [0.717, 1.165) is 29.9 Å². The summed E-state index contributed by atoms with van der Waals surface area (Å²) in [7, 11) is 1.66. The molecule has 1 saturated carbocycles. The van der Waals surface area contributed by atoms with Crippen molar-refractivity contribution in [1.82, 2.24) is 10.3 Å². The lowest BCUT2D eigenvalue weighted by atomic mass is 9.83. The fourth-order valence-corrected chi connectivity index (χ4v) is 4.90. The van der Waals surface area contributed by atoms with Crippen molar-refractivity contribution in [1.29, 1.82) is 5.26 Å². The quantitative estimate of drug-likeness (QED) is 0.600. The first-order valence-electron chi connectivity index (χ1n) is 11.5. The number of rotatable bonds is 6. The second-order valence-electron chi connectivity index (χ2n) is 8.92. The highest BCUT2D eigenvalue weighted by atomic mass is 16.5. The molecule has 1 amide bonds. The molecule has 33 heavy (non-hydrogen) atoms. The molecule has 1 saturated heterocycles. The van der Waals surface area contributed by atoms with Crippen LogP contribution in [0.4, 0.5) is 0 Å². The van der Waals surface area contributed by atoms with Crippen LogP contribution >= 0.6 is 0 Å². The summed E-state index contributed by atoms with van der Waals surface area (Å²) < 4.78 is 17.6. The van der Waals surface area contributed by atoms with Gasteiger partial charge in [0.15, 0.2) is 23.0 Å². The molecule has 2 fully saturated rings. The van der Waals surface area contributed by atoms with Crippen LogP contribution in [0.25, 0.3) is 11.1 Å². The van der Waals surface area contributed by atoms with E-state index in [-0.39, 0.29) is 23.8 Å². The van der Waals surface area contributed by atoms with Gasteiger partial charge >= 0.3 is 0 Å². The molecule has 0 radical (unpaired) electrons. The van der Waals surface area contributed by atoms with Crippen molar-refractivity contribution in [3.63, 3.8) is 0 Å². The molecule has 170 valence electrons. The van der Waals surface area contributed by atoms with E-state index >= 15 is 0 Å². The van der Waals surface area contributed by atoms with Crippen LogP contribution in [0.15, 0.2) is 40.8 Å². The molecule has 2 heterocycles. The van der Waals surface area contributed by atoms with Gasteiger partial charge in [0.2, 0.25) is 5.91 Å². The lowest BCUT2D eigenvalue weighted by Gasteiger charge is -2.29. The number of aromatic nitrogens is 1. The molecule has 1 aliphatic heterocycles. The Labute approximate surface area is 192 Å². The number of ether oxygens (including phenoxy) is 2. The molecule has 1 aliphatic carbocycles. The van der Waals surface area contributed by atoms with Crippen LogP contribution in [0.1, 0.15) is 55.0 Å². The Balaban J connectivity index is 1.33. The Morgan fingerprint density at radius 2 is 2.03 bits per heavy atom. The number of amides is 1. The maximum Gasteiger partial charge on any atom is 0.223 e. The monoisotopic (exact) mass is 445 g/mol. The van der Waals surface area contributed by atoms with E-state index in [9.17, 15) is 4.79 Å². The van der Waals surface area contributed by atoms with E-state index in [2.05, 4.69) is 28.5 Å². The zero-order chi connectivity index (χ0) is 22.8. The molecule has 0 unspecified atom stereocenters. The van der Waals surface area contributed by atoms with Gasteiger partial charge in [-0.05, 0) is 68.0 Å². The van der Waals surface area contributed by atoms with Crippen LogP contribution < -0.4 is 14.8 Å². The van der Waals surface area contributed by atoms with Crippen molar-refractivity contribution >= 4 is 17.0 Å². The van der Waals surface area contributed by atoms with E-state index in [0.29, 0.717) is 41.9 Å². The number of hydrogen-bond donors (Lipinski definition) is 1. The number of methoxy groups -OCH3 is 1. The SMILES string of the molecule is COc1ccc([C@H]2CNC(=O)[C@@H](Cc3nc4cc(C#N)ccc4o3)C2)cc1OC1CCCC1. The number of carbonyl (C=O) groups is 1. The summed E-state index contributed by atoms with van der Waals surface area (Å²) in [6.45, 7) is 0.587. The van der Waals surface area contributed by atoms with Crippen LogP contribution in [-0.2, 0) is 11.2 Å². The maximum absolute atomic E-state index is 12.6. The van der Waals surface area contributed by atoms with Gasteiger partial charge in [-0.25, -0.2) is 4.98 Å². The lowest BCUT2D eigenvalue weighted by molar-refractivity contribution is -0.127. The minimum atomic E-state index is -0.242. The normalized spacial score (nSPS) is 21.0. The topological polar surface area (TPSA) is 97.4 Å². The average molecular weight is 446 g/mol. The fraction of sp³-hybridized carbons (Fsp3) is 0.423. The van der Waals surface area contributed by atoms with Crippen molar-refractivity contribution < 1.29 is 18.7 Å². The molecule has 1 N–H and O–H groups in total. The van der Waals surface area contributed by atoms with Gasteiger partial charge in [-0.2, -0.15) is 5.26 Å². The van der Waals surface area contributed by atoms with E-state index in [1.54, 1.807) is 25.3 Å². The Hall–Kier alpha value is -3.53. The van der Waals surface area contributed by atoms with Gasteiger partial charge in [0.1, 0.15) is 5.52 Å². The summed E-state index contributed by atoms with van der Waals surface area (Å²) in [5.74, 6) is 1.98. The van der Waals surface area contributed by atoms with Crippen molar-refractivity contribution in [3.8, 4) is 17.6 Å². The Morgan fingerprint density at radius 3 is 2.82 bits per heavy atom. The zero-order valence-electron chi connectivity index (χ0n) is 18.7. The molecular weight excluding hydrogens is 418 g/mol. The molecule has 0 bridgehead atoms. The van der Waals surface area contributed by atoms with Crippen LogP contribution in [-0.4, -0.2) is 30.6 Å². The van der Waals surface area contributed by atoms with Crippen LogP contribution in [0, 0.1) is 17.2 Å². The summed E-state index contributed by atoms with van der Waals surface area (Å²) in [6.07, 6.45) is 5.93. The molecule has 3 aromatic rings. The Kier molecular flexibility index (Phi) is 5.91. The molecule has 1 aromatic heterocycles. The first-order chi connectivity index (χ1) is 16.1. The van der Waals surface area contributed by atoms with Gasteiger partial charge in [-0.15, -0.1) is 0 Å². The number of carbonyl (C=O) groups excluding carboxylic acids is 1. The van der Waals surface area contributed by atoms with E-state index in [1.807, 2.05) is 6.07 Å². The number of nitrogens with zero attached hydrogens (tertiary/aromatic N) is 2. The van der Waals surface area contributed by atoms with Gasteiger partial charge < -0.3 is 19.2 Å². The van der Waals surface area contributed by atoms with E-state index in [4.69, 9.17) is 19.2 Å². The Bertz CT molecular complexity index is 1210. The molecule has 7 heteroatoms. The highest BCUT2D eigenvalue weighted by Gasteiger charge is 2.31. The van der Waals surface area contributed by atoms with Gasteiger partial charge in [0, 0.05) is 24.8 Å². The van der Waals surface area contributed by atoms with Crippen molar-refractivity contribution in [2.75, 3.05) is 13.7 Å². The molecule has 2 atom stereocenters. The predicted octanol–water partition coefficient (Wildman–Crippen LogP) is 4.49. The highest BCUT2D eigenvalue weighted by molar-refractivity contribution is 5.80. The van der Waals surface area contributed by atoms with Crippen molar-refractivity contribution in [2.45, 2.75) is 50.5 Å². The summed E-state index contributed by atoms with van der Waals surface area (Å²) in [5, 5.41) is 12.1. The number of piperidine rings is 1. The Morgan fingerprint density at radius 1 is 1.18 bits per heavy atom. The number of oxazole rings is 1. The van der Waals surface area contributed by atoms with E-state index < -0.39 is 0 Å². The van der Waals surface area contributed by atoms with Gasteiger partial charge in [0.05, 0.1) is 24.8 Å². The fourth-order valence-electron chi connectivity index (χ4n) is 4.90. The number of fused-ring (bicyclic) bond motifs is 1. The minimum absolute atomic E-state index is 0.0159. The van der Waals surface area contributed by atoms with Gasteiger partial charge in [-0.1, -0.05) is 6.07 Å². The number of nitriles is 1. The summed E-state index contributed by atoms with van der Waals surface area (Å²) in [5.41, 5.74) is 2.93. The number of nitrogens with one attached hydrogen (secondary N) is 1. The molecular formula is C26H27N3O4. The summed E-state index contributed by atoms with van der Waals surface area (Å²) in [4.78, 5) is 17.1. The molecule has 0 spiro atoms. The second-order valence-corrected chi connectivity index (χ2v) is 8.92. The summed E-state index contributed by atoms with van der Waals surface area (Å²) >= 11 is 0. The third-order valence-electron chi connectivity index (χ3n) is 6.70. The minimum Gasteiger partial charge on any atom is -0.493 e. The van der Waals surface area contributed by atoms with Crippen LogP contribution in [0.3, 0.4) is 0 Å². The number of hydrogen-bond acceptors (Lipinski definition) is 6. The average Bonchev–Trinajstić information content (AvgIpc) is 3.49. The molecule has 7 nitrogen and oxygen atoms in total.